The second kappa shape index (κ2) is 6.46. The predicted molar refractivity (Wildman–Crippen MR) is 106 cm³/mol. The number of nitrogens with one attached hydrogen (secondary N) is 1. The Morgan fingerprint density at radius 1 is 1.11 bits per heavy atom. The maximum atomic E-state index is 12.4. The Balaban J connectivity index is 1.54. The van der Waals surface area contributed by atoms with Crippen molar-refractivity contribution < 1.29 is 9.15 Å². The molecule has 9 heteroatoms. The standard InChI is InChI=1S/C19H13N5O3S/c1-26-13-8-6-12(7-9-13)20-18-23-24-16(21-22-19(24)28-18)14-10-11-4-2-3-5-15(11)27-17(14)25/h2-10H,1H3,(H,20,23). The number of nitrogens with zero attached hydrogens (tertiary/aromatic N) is 4. The van der Waals surface area contributed by atoms with Crippen LogP contribution in [0, 0.1) is 0 Å². The lowest BCUT2D eigenvalue weighted by atomic mass is 10.2. The quantitative estimate of drug-likeness (QED) is 0.467. The van der Waals surface area contributed by atoms with Crippen LogP contribution in [0.25, 0.3) is 27.3 Å². The van der Waals surface area contributed by atoms with Crippen LogP contribution in [0.5, 0.6) is 5.75 Å². The molecule has 0 bridgehead atoms. The number of hydrogen-bond donors (Lipinski definition) is 1. The lowest BCUT2D eigenvalue weighted by Crippen LogP contribution is -2.06. The Bertz CT molecular complexity index is 1350. The van der Waals surface area contributed by atoms with Gasteiger partial charge in [0.15, 0.2) is 5.82 Å². The Morgan fingerprint density at radius 2 is 1.93 bits per heavy atom. The Hall–Kier alpha value is -3.72. The van der Waals surface area contributed by atoms with Gasteiger partial charge in [0.05, 0.1) is 7.11 Å². The molecule has 0 atom stereocenters. The second-order valence-corrected chi connectivity index (χ2v) is 6.92. The summed E-state index contributed by atoms with van der Waals surface area (Å²) in [7, 11) is 1.62. The van der Waals surface area contributed by atoms with Crippen LogP contribution in [0.3, 0.4) is 0 Å². The smallest absolute Gasteiger partial charge is 0.347 e. The molecule has 3 heterocycles. The third kappa shape index (κ3) is 2.78. The first-order valence-electron chi connectivity index (χ1n) is 8.38. The number of hydrogen-bond acceptors (Lipinski definition) is 8. The minimum atomic E-state index is -0.481. The first-order valence-corrected chi connectivity index (χ1v) is 9.19. The Labute approximate surface area is 162 Å². The predicted octanol–water partition coefficient (Wildman–Crippen LogP) is 3.71. The van der Waals surface area contributed by atoms with E-state index in [1.165, 1.54) is 15.9 Å². The van der Waals surface area contributed by atoms with Gasteiger partial charge in [0.1, 0.15) is 16.9 Å². The maximum Gasteiger partial charge on any atom is 0.347 e. The molecule has 0 saturated carbocycles. The van der Waals surface area contributed by atoms with E-state index in [2.05, 4.69) is 20.6 Å². The van der Waals surface area contributed by atoms with Crippen molar-refractivity contribution in [2.45, 2.75) is 0 Å². The van der Waals surface area contributed by atoms with Crippen molar-refractivity contribution in [2.24, 2.45) is 0 Å². The molecule has 2 aromatic carbocycles. The van der Waals surface area contributed by atoms with Crippen LogP contribution in [-0.2, 0) is 0 Å². The van der Waals surface area contributed by atoms with Crippen LogP contribution in [-0.4, -0.2) is 26.9 Å². The van der Waals surface area contributed by atoms with Crippen LogP contribution in [0.1, 0.15) is 0 Å². The minimum Gasteiger partial charge on any atom is -0.497 e. The highest BCUT2D eigenvalue weighted by Crippen LogP contribution is 2.27. The number of methoxy groups -OCH3 is 1. The molecule has 0 radical (unpaired) electrons. The van der Waals surface area contributed by atoms with Gasteiger partial charge in [0.2, 0.25) is 10.1 Å². The number of ether oxygens (including phenoxy) is 1. The molecular formula is C19H13N5O3S. The SMILES string of the molecule is COc1ccc(Nc2nn3c(-c4cc5ccccc5oc4=O)nnc3s2)cc1. The van der Waals surface area contributed by atoms with E-state index in [4.69, 9.17) is 9.15 Å². The minimum absolute atomic E-state index is 0.312. The van der Waals surface area contributed by atoms with E-state index in [0.29, 0.717) is 27.1 Å². The summed E-state index contributed by atoms with van der Waals surface area (Å²) in [5.41, 5.74) is 1.22. The Kier molecular flexibility index (Phi) is 3.80. The largest absolute Gasteiger partial charge is 0.497 e. The summed E-state index contributed by atoms with van der Waals surface area (Å²) in [5, 5.41) is 17.4. The van der Waals surface area contributed by atoms with Crippen molar-refractivity contribution >= 4 is 38.1 Å². The topological polar surface area (TPSA) is 94.6 Å². The fraction of sp³-hybridized carbons (Fsp3) is 0.0526. The molecule has 0 saturated heterocycles. The van der Waals surface area contributed by atoms with Gasteiger partial charge in [-0.2, -0.15) is 4.52 Å². The number of anilines is 2. The maximum absolute atomic E-state index is 12.4. The van der Waals surface area contributed by atoms with E-state index in [1.54, 1.807) is 19.2 Å². The first-order chi connectivity index (χ1) is 13.7. The van der Waals surface area contributed by atoms with Crippen LogP contribution < -0.4 is 15.7 Å². The van der Waals surface area contributed by atoms with E-state index in [9.17, 15) is 4.79 Å². The molecule has 8 nitrogen and oxygen atoms in total. The fourth-order valence-electron chi connectivity index (χ4n) is 2.85. The third-order valence-corrected chi connectivity index (χ3v) is 5.03. The van der Waals surface area contributed by atoms with Crippen molar-refractivity contribution in [1.29, 1.82) is 0 Å². The molecule has 0 fully saturated rings. The molecule has 0 aliphatic rings. The number of aromatic nitrogens is 4. The van der Waals surface area contributed by atoms with Crippen molar-refractivity contribution in [1.82, 2.24) is 19.8 Å². The van der Waals surface area contributed by atoms with Gasteiger partial charge in [0, 0.05) is 11.1 Å². The summed E-state index contributed by atoms with van der Waals surface area (Å²) in [5.74, 6) is 1.11. The average Bonchev–Trinajstić information content (AvgIpc) is 3.28. The van der Waals surface area contributed by atoms with Gasteiger partial charge in [-0.3, -0.25) is 0 Å². The highest BCUT2D eigenvalue weighted by atomic mass is 32.1. The monoisotopic (exact) mass is 391 g/mol. The zero-order chi connectivity index (χ0) is 19.1. The highest BCUT2D eigenvalue weighted by Gasteiger charge is 2.18. The molecule has 0 aliphatic carbocycles. The number of para-hydroxylation sites is 1. The molecule has 0 spiro atoms. The fourth-order valence-corrected chi connectivity index (χ4v) is 3.61. The summed E-state index contributed by atoms with van der Waals surface area (Å²) >= 11 is 1.33. The van der Waals surface area contributed by atoms with Crippen LogP contribution in [0.15, 0.2) is 63.8 Å². The van der Waals surface area contributed by atoms with Gasteiger partial charge in [-0.15, -0.1) is 15.3 Å². The molecular weight excluding hydrogens is 378 g/mol. The molecule has 3 aromatic heterocycles. The van der Waals surface area contributed by atoms with Crippen molar-refractivity contribution in [3.63, 3.8) is 0 Å². The lowest BCUT2D eigenvalue weighted by molar-refractivity contribution is 0.415. The van der Waals surface area contributed by atoms with E-state index in [0.717, 1.165) is 16.8 Å². The molecule has 0 amide bonds. The van der Waals surface area contributed by atoms with Gasteiger partial charge in [-0.25, -0.2) is 4.79 Å². The van der Waals surface area contributed by atoms with Gasteiger partial charge >= 0.3 is 5.63 Å². The van der Waals surface area contributed by atoms with Gasteiger partial charge in [-0.05, 0) is 36.4 Å². The molecule has 138 valence electrons. The van der Waals surface area contributed by atoms with Gasteiger partial charge < -0.3 is 14.5 Å². The Morgan fingerprint density at radius 3 is 2.75 bits per heavy atom. The number of benzene rings is 2. The van der Waals surface area contributed by atoms with E-state index >= 15 is 0 Å². The van der Waals surface area contributed by atoms with Crippen LogP contribution >= 0.6 is 11.3 Å². The summed E-state index contributed by atoms with van der Waals surface area (Å²) in [4.78, 5) is 13.0. The van der Waals surface area contributed by atoms with Crippen molar-refractivity contribution in [3.05, 3.63) is 65.0 Å². The van der Waals surface area contributed by atoms with Crippen LogP contribution in [0.2, 0.25) is 0 Å². The van der Waals surface area contributed by atoms with E-state index in [1.807, 2.05) is 42.5 Å². The summed E-state index contributed by atoms with van der Waals surface area (Å²) in [6.07, 6.45) is 0. The summed E-state index contributed by atoms with van der Waals surface area (Å²) < 4.78 is 12.1. The highest BCUT2D eigenvalue weighted by molar-refractivity contribution is 7.20. The summed E-state index contributed by atoms with van der Waals surface area (Å²) in [6, 6.07) is 16.6. The van der Waals surface area contributed by atoms with Gasteiger partial charge in [0.25, 0.3) is 0 Å². The normalized spacial score (nSPS) is 11.2. The first kappa shape index (κ1) is 16.5. The van der Waals surface area contributed by atoms with Crippen molar-refractivity contribution in [3.8, 4) is 17.1 Å². The number of fused-ring (bicyclic) bond motifs is 2. The third-order valence-electron chi connectivity index (χ3n) is 4.21. The van der Waals surface area contributed by atoms with Crippen molar-refractivity contribution in [2.75, 3.05) is 12.4 Å². The van der Waals surface area contributed by atoms with Gasteiger partial charge in [-0.1, -0.05) is 29.5 Å². The van der Waals surface area contributed by atoms with E-state index in [-0.39, 0.29) is 0 Å². The molecule has 0 aliphatic heterocycles. The molecule has 1 N–H and O–H groups in total. The average molecular weight is 391 g/mol. The molecule has 0 unspecified atom stereocenters. The van der Waals surface area contributed by atoms with Crippen LogP contribution in [0.4, 0.5) is 10.8 Å². The summed E-state index contributed by atoms with van der Waals surface area (Å²) in [6.45, 7) is 0. The zero-order valence-electron chi connectivity index (χ0n) is 14.6. The number of rotatable bonds is 4. The lowest BCUT2D eigenvalue weighted by Gasteiger charge is -2.03. The molecule has 5 rings (SSSR count). The molecule has 5 aromatic rings. The molecule has 28 heavy (non-hydrogen) atoms. The van der Waals surface area contributed by atoms with E-state index < -0.39 is 5.63 Å². The zero-order valence-corrected chi connectivity index (χ0v) is 15.4. The second-order valence-electron chi connectivity index (χ2n) is 5.96.